The van der Waals surface area contributed by atoms with Gasteiger partial charge in [-0.05, 0) is 44.0 Å². The molecule has 4 nitrogen and oxygen atoms in total. The molecule has 2 heterocycles. The Morgan fingerprint density at radius 2 is 2.30 bits per heavy atom. The van der Waals surface area contributed by atoms with Gasteiger partial charge in [-0.15, -0.1) is 0 Å². The van der Waals surface area contributed by atoms with Gasteiger partial charge in [-0.2, -0.15) is 0 Å². The molecule has 1 aromatic carbocycles. The number of aromatic nitrogens is 2. The first-order valence-electron chi connectivity index (χ1n) is 7.17. The number of benzene rings is 1. The second kappa shape index (κ2) is 5.67. The molecule has 1 N–H and O–H groups in total. The number of ether oxygens (including phenoxy) is 1. The van der Waals surface area contributed by atoms with Crippen LogP contribution in [0, 0.1) is 6.92 Å². The summed E-state index contributed by atoms with van der Waals surface area (Å²) in [5.41, 5.74) is 3.56. The van der Waals surface area contributed by atoms with Crippen molar-refractivity contribution < 1.29 is 4.74 Å². The summed E-state index contributed by atoms with van der Waals surface area (Å²) < 4.78 is 7.67. The van der Waals surface area contributed by atoms with Crippen molar-refractivity contribution in [3.05, 3.63) is 42.0 Å². The number of methoxy groups -OCH3 is 1. The average molecular weight is 271 g/mol. The molecule has 0 bridgehead atoms. The number of nitrogens with one attached hydrogen (secondary N) is 1. The van der Waals surface area contributed by atoms with Gasteiger partial charge < -0.3 is 10.1 Å². The molecule has 0 saturated carbocycles. The normalized spacial score (nSPS) is 19.0. The first kappa shape index (κ1) is 13.2. The highest BCUT2D eigenvalue weighted by atomic mass is 16.5. The summed E-state index contributed by atoms with van der Waals surface area (Å²) in [5.74, 6) is 1.41. The lowest BCUT2D eigenvalue weighted by molar-refractivity contribution is 0.410. The molecule has 106 valence electrons. The van der Waals surface area contributed by atoms with Crippen molar-refractivity contribution in [2.45, 2.75) is 25.7 Å². The van der Waals surface area contributed by atoms with Crippen LogP contribution >= 0.6 is 0 Å². The molecule has 1 aromatic heterocycles. The van der Waals surface area contributed by atoms with Crippen LogP contribution in [0.3, 0.4) is 0 Å². The van der Waals surface area contributed by atoms with E-state index in [1.807, 2.05) is 18.6 Å². The molecule has 2 aromatic rings. The smallest absolute Gasteiger partial charge is 0.142 e. The van der Waals surface area contributed by atoms with Gasteiger partial charge in [0.2, 0.25) is 0 Å². The summed E-state index contributed by atoms with van der Waals surface area (Å²) in [7, 11) is 1.72. The highest BCUT2D eigenvalue weighted by Crippen LogP contribution is 2.30. The van der Waals surface area contributed by atoms with E-state index in [1.54, 1.807) is 7.11 Å². The van der Waals surface area contributed by atoms with Crippen molar-refractivity contribution >= 4 is 0 Å². The van der Waals surface area contributed by atoms with E-state index in [4.69, 9.17) is 4.74 Å². The minimum Gasteiger partial charge on any atom is -0.495 e. The van der Waals surface area contributed by atoms with Crippen molar-refractivity contribution in [1.82, 2.24) is 14.9 Å². The van der Waals surface area contributed by atoms with Crippen molar-refractivity contribution in [2.75, 3.05) is 20.2 Å². The van der Waals surface area contributed by atoms with E-state index in [0.29, 0.717) is 5.92 Å². The van der Waals surface area contributed by atoms with Crippen LogP contribution in [0.1, 0.15) is 30.0 Å². The van der Waals surface area contributed by atoms with E-state index < -0.39 is 0 Å². The van der Waals surface area contributed by atoms with Crippen LogP contribution in [-0.4, -0.2) is 29.8 Å². The molecule has 0 radical (unpaired) electrons. The molecule has 0 aliphatic carbocycles. The van der Waals surface area contributed by atoms with Crippen molar-refractivity contribution in [3.8, 4) is 11.4 Å². The zero-order valence-corrected chi connectivity index (χ0v) is 12.1. The molecular weight excluding hydrogens is 250 g/mol. The fourth-order valence-electron chi connectivity index (χ4n) is 2.90. The van der Waals surface area contributed by atoms with E-state index >= 15 is 0 Å². The van der Waals surface area contributed by atoms with Crippen LogP contribution in [0.4, 0.5) is 0 Å². The van der Waals surface area contributed by atoms with Gasteiger partial charge in [0.1, 0.15) is 5.75 Å². The van der Waals surface area contributed by atoms with Gasteiger partial charge >= 0.3 is 0 Å². The molecule has 0 amide bonds. The van der Waals surface area contributed by atoms with Crippen molar-refractivity contribution in [3.63, 3.8) is 0 Å². The minimum absolute atomic E-state index is 0.525. The Bertz CT molecular complexity index is 585. The Morgan fingerprint density at radius 1 is 1.40 bits per heavy atom. The zero-order valence-electron chi connectivity index (χ0n) is 12.1. The number of hydrogen-bond donors (Lipinski definition) is 1. The van der Waals surface area contributed by atoms with Gasteiger partial charge in [-0.3, -0.25) is 4.57 Å². The molecule has 4 heteroatoms. The number of piperidine rings is 1. The van der Waals surface area contributed by atoms with Gasteiger partial charge in [0, 0.05) is 24.4 Å². The number of imidazole rings is 1. The second-order valence-corrected chi connectivity index (χ2v) is 5.41. The maximum atomic E-state index is 5.50. The zero-order chi connectivity index (χ0) is 13.9. The van der Waals surface area contributed by atoms with Crippen LogP contribution in [-0.2, 0) is 0 Å². The largest absolute Gasteiger partial charge is 0.495 e. The lowest BCUT2D eigenvalue weighted by Gasteiger charge is -2.24. The predicted octanol–water partition coefficient (Wildman–Crippen LogP) is 2.66. The minimum atomic E-state index is 0.525. The average Bonchev–Trinajstić information content (AvgIpc) is 2.97. The van der Waals surface area contributed by atoms with Crippen LogP contribution in [0.5, 0.6) is 5.75 Å². The SMILES string of the molecule is COc1ccc(C)cc1-n1cncc1C1CCCNC1. The van der Waals surface area contributed by atoms with E-state index in [9.17, 15) is 0 Å². The standard InChI is InChI=1S/C16H21N3O/c1-12-5-6-16(20-2)14(8-12)19-11-18-10-15(19)13-4-3-7-17-9-13/h5-6,8,10-11,13,17H,3-4,7,9H2,1-2H3. The number of rotatable bonds is 3. The van der Waals surface area contributed by atoms with Gasteiger partial charge in [0.25, 0.3) is 0 Å². The number of nitrogens with zero attached hydrogens (tertiary/aromatic N) is 2. The maximum absolute atomic E-state index is 5.50. The Balaban J connectivity index is 2.02. The first-order valence-corrected chi connectivity index (χ1v) is 7.17. The van der Waals surface area contributed by atoms with Crippen LogP contribution in [0.2, 0.25) is 0 Å². The highest BCUT2D eigenvalue weighted by molar-refractivity contribution is 5.50. The fraction of sp³-hybridized carbons (Fsp3) is 0.438. The summed E-state index contributed by atoms with van der Waals surface area (Å²) in [4.78, 5) is 4.36. The van der Waals surface area contributed by atoms with Gasteiger partial charge in [-0.1, -0.05) is 6.07 Å². The van der Waals surface area contributed by atoms with Crippen LogP contribution in [0.15, 0.2) is 30.7 Å². The lowest BCUT2D eigenvalue weighted by atomic mass is 9.96. The third-order valence-electron chi connectivity index (χ3n) is 3.98. The van der Waals surface area contributed by atoms with E-state index in [2.05, 4.69) is 33.9 Å². The molecule has 1 fully saturated rings. The fourth-order valence-corrected chi connectivity index (χ4v) is 2.90. The summed E-state index contributed by atoms with van der Waals surface area (Å²) in [6.07, 6.45) is 6.31. The van der Waals surface area contributed by atoms with Crippen LogP contribution in [0.25, 0.3) is 5.69 Å². The van der Waals surface area contributed by atoms with E-state index in [1.165, 1.54) is 24.1 Å². The molecule has 0 spiro atoms. The van der Waals surface area contributed by atoms with E-state index in [-0.39, 0.29) is 0 Å². The Kier molecular flexibility index (Phi) is 3.74. The van der Waals surface area contributed by atoms with Gasteiger partial charge in [0.05, 0.1) is 19.1 Å². The Morgan fingerprint density at radius 3 is 3.05 bits per heavy atom. The summed E-state index contributed by atoms with van der Waals surface area (Å²) >= 11 is 0. The predicted molar refractivity (Wildman–Crippen MR) is 79.7 cm³/mol. The molecule has 1 aliphatic heterocycles. The third kappa shape index (κ3) is 2.43. The lowest BCUT2D eigenvalue weighted by Crippen LogP contribution is -2.29. The highest BCUT2D eigenvalue weighted by Gasteiger charge is 2.20. The quantitative estimate of drug-likeness (QED) is 0.933. The van der Waals surface area contributed by atoms with Gasteiger partial charge in [-0.25, -0.2) is 4.98 Å². The van der Waals surface area contributed by atoms with Crippen molar-refractivity contribution in [1.29, 1.82) is 0 Å². The number of hydrogen-bond acceptors (Lipinski definition) is 3. The van der Waals surface area contributed by atoms with Gasteiger partial charge in [0.15, 0.2) is 0 Å². The Hall–Kier alpha value is -1.81. The maximum Gasteiger partial charge on any atom is 0.142 e. The summed E-state index contributed by atoms with van der Waals surface area (Å²) in [6, 6.07) is 6.24. The molecule has 20 heavy (non-hydrogen) atoms. The molecule has 1 saturated heterocycles. The summed E-state index contributed by atoms with van der Waals surface area (Å²) in [5, 5.41) is 3.47. The van der Waals surface area contributed by atoms with Crippen molar-refractivity contribution in [2.24, 2.45) is 0 Å². The Labute approximate surface area is 119 Å². The topological polar surface area (TPSA) is 39.1 Å². The summed E-state index contributed by atoms with van der Waals surface area (Å²) in [6.45, 7) is 4.25. The molecule has 1 atom stereocenters. The van der Waals surface area contributed by atoms with E-state index in [0.717, 1.165) is 24.5 Å². The third-order valence-corrected chi connectivity index (χ3v) is 3.98. The molecule has 3 rings (SSSR count). The molecular formula is C16H21N3O. The monoisotopic (exact) mass is 271 g/mol. The molecule has 1 unspecified atom stereocenters. The second-order valence-electron chi connectivity index (χ2n) is 5.41. The first-order chi connectivity index (χ1) is 9.79. The number of aryl methyl sites for hydroxylation is 1. The van der Waals surface area contributed by atoms with Crippen LogP contribution < -0.4 is 10.1 Å². The molecule has 1 aliphatic rings.